The Balaban J connectivity index is 2.70. The topological polar surface area (TPSA) is 73.2 Å². The van der Waals surface area contributed by atoms with E-state index in [4.69, 9.17) is 15.2 Å². The summed E-state index contributed by atoms with van der Waals surface area (Å²) in [7, 11) is 2.61. The average molecular weight is 287 g/mol. The molecule has 5 nitrogen and oxygen atoms in total. The molecule has 0 atom stereocenters. The van der Waals surface area contributed by atoms with Crippen molar-refractivity contribution in [2.24, 2.45) is 0 Å². The Morgan fingerprint density at radius 1 is 1.10 bits per heavy atom. The lowest BCUT2D eigenvalue weighted by molar-refractivity contribution is -0.137. The summed E-state index contributed by atoms with van der Waals surface area (Å²) in [5, 5.41) is 6.08. The number of alkyl halides is 3. The fourth-order valence-electron chi connectivity index (χ4n) is 1.81. The zero-order chi connectivity index (χ0) is 14.9. The lowest BCUT2D eigenvalue weighted by atomic mass is 10.0. The minimum atomic E-state index is -4.55. The van der Waals surface area contributed by atoms with Gasteiger partial charge in [-0.05, 0) is 12.1 Å². The van der Waals surface area contributed by atoms with Crippen LogP contribution in [0.25, 0.3) is 11.3 Å². The van der Waals surface area contributed by atoms with Crippen molar-refractivity contribution in [1.82, 2.24) is 10.2 Å². The summed E-state index contributed by atoms with van der Waals surface area (Å²) in [6.07, 6.45) is -4.55. The molecule has 3 N–H and O–H groups in total. The molecule has 0 bridgehead atoms. The fourth-order valence-corrected chi connectivity index (χ4v) is 1.81. The Morgan fingerprint density at radius 2 is 1.70 bits per heavy atom. The Hall–Kier alpha value is -2.38. The molecule has 2 aromatic rings. The maximum atomic E-state index is 13.1. The van der Waals surface area contributed by atoms with Crippen molar-refractivity contribution in [3.8, 4) is 22.8 Å². The van der Waals surface area contributed by atoms with Gasteiger partial charge in [-0.15, -0.1) is 0 Å². The summed E-state index contributed by atoms with van der Waals surface area (Å²) in [6.45, 7) is 0. The summed E-state index contributed by atoms with van der Waals surface area (Å²) in [6, 6.07) is 3.43. The number of rotatable bonds is 3. The summed E-state index contributed by atoms with van der Waals surface area (Å²) in [4.78, 5) is 0. The van der Waals surface area contributed by atoms with Gasteiger partial charge in [0.25, 0.3) is 0 Å². The number of aromatic nitrogens is 2. The summed E-state index contributed by atoms with van der Waals surface area (Å²) in [5.41, 5.74) is 4.60. The molecule has 0 saturated heterocycles. The first-order valence-corrected chi connectivity index (χ1v) is 5.51. The Morgan fingerprint density at radius 3 is 2.15 bits per heavy atom. The van der Waals surface area contributed by atoms with Gasteiger partial charge in [0.2, 0.25) is 0 Å². The zero-order valence-corrected chi connectivity index (χ0v) is 10.7. The smallest absolute Gasteiger partial charge is 0.417 e. The molecule has 1 heterocycles. The molecule has 0 amide bonds. The van der Waals surface area contributed by atoms with Gasteiger partial charge in [-0.25, -0.2) is 0 Å². The number of hydrogen-bond acceptors (Lipinski definition) is 4. The normalized spacial score (nSPS) is 11.4. The number of aromatic amines is 1. The van der Waals surface area contributed by atoms with Gasteiger partial charge in [0.15, 0.2) is 11.5 Å². The molecular formula is C12H12F3N3O2. The second kappa shape index (κ2) is 4.95. The lowest BCUT2D eigenvalue weighted by Gasteiger charge is -2.16. The molecule has 0 fully saturated rings. The van der Waals surface area contributed by atoms with Crippen molar-refractivity contribution in [2.75, 3.05) is 20.0 Å². The van der Waals surface area contributed by atoms with E-state index < -0.39 is 11.7 Å². The summed E-state index contributed by atoms with van der Waals surface area (Å²) in [5.74, 6) is 0.280. The molecule has 20 heavy (non-hydrogen) atoms. The first kappa shape index (κ1) is 14.0. The van der Waals surface area contributed by atoms with Gasteiger partial charge in [-0.1, -0.05) is 0 Å². The third-order valence-corrected chi connectivity index (χ3v) is 2.72. The van der Waals surface area contributed by atoms with E-state index in [0.717, 1.165) is 6.07 Å². The van der Waals surface area contributed by atoms with Crippen molar-refractivity contribution in [3.63, 3.8) is 0 Å². The highest BCUT2D eigenvalue weighted by atomic mass is 19.4. The molecule has 0 saturated carbocycles. The summed E-state index contributed by atoms with van der Waals surface area (Å²) < 4.78 is 49.3. The van der Waals surface area contributed by atoms with Gasteiger partial charge >= 0.3 is 6.18 Å². The van der Waals surface area contributed by atoms with E-state index in [2.05, 4.69) is 10.2 Å². The molecule has 0 aliphatic rings. The molecule has 0 aliphatic carbocycles. The first-order valence-electron chi connectivity index (χ1n) is 5.51. The molecule has 108 valence electrons. The van der Waals surface area contributed by atoms with E-state index in [1.54, 1.807) is 0 Å². The highest BCUT2D eigenvalue weighted by Crippen LogP contribution is 2.42. The van der Waals surface area contributed by atoms with E-state index in [1.807, 2.05) is 0 Å². The van der Waals surface area contributed by atoms with Gasteiger partial charge in [0, 0.05) is 11.6 Å². The van der Waals surface area contributed by atoms with Gasteiger partial charge in [-0.2, -0.15) is 18.3 Å². The van der Waals surface area contributed by atoms with E-state index in [0.29, 0.717) is 0 Å². The number of anilines is 1. The number of halogens is 3. The number of methoxy groups -OCH3 is 2. The van der Waals surface area contributed by atoms with Crippen LogP contribution in [0.2, 0.25) is 0 Å². The predicted molar refractivity (Wildman–Crippen MR) is 66.5 cm³/mol. The molecule has 1 aromatic carbocycles. The highest BCUT2D eigenvalue weighted by molar-refractivity contribution is 5.70. The number of benzene rings is 1. The Kier molecular flexibility index (Phi) is 3.47. The van der Waals surface area contributed by atoms with Gasteiger partial charge in [0.1, 0.15) is 5.82 Å². The van der Waals surface area contributed by atoms with Crippen LogP contribution >= 0.6 is 0 Å². The van der Waals surface area contributed by atoms with Crippen LogP contribution in [0.3, 0.4) is 0 Å². The second-order valence-corrected chi connectivity index (χ2v) is 3.96. The zero-order valence-electron chi connectivity index (χ0n) is 10.7. The predicted octanol–water partition coefficient (Wildman–Crippen LogP) is 2.69. The minimum Gasteiger partial charge on any atom is -0.493 e. The van der Waals surface area contributed by atoms with E-state index >= 15 is 0 Å². The number of nitrogens with zero attached hydrogens (tertiary/aromatic N) is 1. The van der Waals surface area contributed by atoms with Crippen LogP contribution in [0.4, 0.5) is 19.0 Å². The number of nitrogens with one attached hydrogen (secondary N) is 1. The van der Waals surface area contributed by atoms with Crippen LogP contribution in [0.15, 0.2) is 18.2 Å². The number of ether oxygens (including phenoxy) is 2. The largest absolute Gasteiger partial charge is 0.493 e. The molecule has 0 aliphatic heterocycles. The molecular weight excluding hydrogens is 275 g/mol. The monoisotopic (exact) mass is 287 g/mol. The number of H-pyrrole nitrogens is 1. The highest BCUT2D eigenvalue weighted by Gasteiger charge is 2.35. The van der Waals surface area contributed by atoms with E-state index in [-0.39, 0.29) is 28.6 Å². The average Bonchev–Trinajstić information content (AvgIpc) is 2.82. The van der Waals surface area contributed by atoms with Crippen LogP contribution in [0.5, 0.6) is 11.5 Å². The van der Waals surface area contributed by atoms with Crippen molar-refractivity contribution in [2.45, 2.75) is 6.18 Å². The van der Waals surface area contributed by atoms with Gasteiger partial charge in [0.05, 0.1) is 25.5 Å². The number of nitrogen functional groups attached to an aromatic ring is 1. The van der Waals surface area contributed by atoms with Crippen molar-refractivity contribution in [3.05, 3.63) is 23.8 Å². The van der Waals surface area contributed by atoms with Crippen LogP contribution in [-0.4, -0.2) is 24.4 Å². The SMILES string of the molecule is COc1cc(-c2cc(N)n[nH]2)c(C(F)(F)F)cc1OC. The first-order chi connectivity index (χ1) is 9.36. The maximum Gasteiger partial charge on any atom is 0.417 e. The quantitative estimate of drug-likeness (QED) is 0.910. The Labute approximate surface area is 112 Å². The van der Waals surface area contributed by atoms with Gasteiger partial charge in [-0.3, -0.25) is 5.10 Å². The van der Waals surface area contributed by atoms with Crippen molar-refractivity contribution in [1.29, 1.82) is 0 Å². The molecule has 0 spiro atoms. The van der Waals surface area contributed by atoms with Crippen LogP contribution in [0, 0.1) is 0 Å². The third kappa shape index (κ3) is 2.49. The third-order valence-electron chi connectivity index (χ3n) is 2.72. The van der Waals surface area contributed by atoms with Crippen LogP contribution in [-0.2, 0) is 6.18 Å². The summed E-state index contributed by atoms with van der Waals surface area (Å²) >= 11 is 0. The van der Waals surface area contributed by atoms with Crippen molar-refractivity contribution < 1.29 is 22.6 Å². The Bertz CT molecular complexity index is 623. The molecule has 0 unspecified atom stereocenters. The van der Waals surface area contributed by atoms with E-state index in [9.17, 15) is 13.2 Å². The molecule has 1 aromatic heterocycles. The number of hydrogen-bond donors (Lipinski definition) is 2. The van der Waals surface area contributed by atoms with Gasteiger partial charge < -0.3 is 15.2 Å². The van der Waals surface area contributed by atoms with Crippen LogP contribution in [0.1, 0.15) is 5.56 Å². The maximum absolute atomic E-state index is 13.1. The minimum absolute atomic E-state index is 0.00365. The van der Waals surface area contributed by atoms with Crippen LogP contribution < -0.4 is 15.2 Å². The van der Waals surface area contributed by atoms with E-state index in [1.165, 1.54) is 26.4 Å². The fraction of sp³-hybridized carbons (Fsp3) is 0.250. The van der Waals surface area contributed by atoms with Crippen molar-refractivity contribution >= 4 is 5.82 Å². The molecule has 2 rings (SSSR count). The standard InChI is InChI=1S/C12H12F3N3O2/c1-19-9-3-6(8-5-11(16)18-17-8)7(12(13,14)15)4-10(9)20-2/h3-5H,1-2H3,(H3,16,17,18). The second-order valence-electron chi connectivity index (χ2n) is 3.96. The molecule has 0 radical (unpaired) electrons. The molecule has 8 heteroatoms. The lowest BCUT2D eigenvalue weighted by Crippen LogP contribution is -2.08. The number of nitrogens with two attached hydrogens (primary N) is 1.